The summed E-state index contributed by atoms with van der Waals surface area (Å²) in [5.41, 5.74) is -0.920. The van der Waals surface area contributed by atoms with Gasteiger partial charge in [-0.1, -0.05) is 34.1 Å². The van der Waals surface area contributed by atoms with Crippen LogP contribution in [0.25, 0.3) is 0 Å². The lowest BCUT2D eigenvalue weighted by Gasteiger charge is -2.42. The molecule has 0 heterocycles. The molecule has 20 heavy (non-hydrogen) atoms. The maximum Gasteiger partial charge on any atom is 0.338 e. The van der Waals surface area contributed by atoms with Crippen LogP contribution in [0.4, 0.5) is 0 Å². The van der Waals surface area contributed by atoms with Crippen molar-refractivity contribution < 1.29 is 14.6 Å². The van der Waals surface area contributed by atoms with E-state index in [1.807, 2.05) is 6.92 Å². The molecule has 1 fully saturated rings. The smallest absolute Gasteiger partial charge is 0.338 e. The predicted octanol–water partition coefficient (Wildman–Crippen LogP) is 3.93. The molecule has 1 unspecified atom stereocenters. The lowest BCUT2D eigenvalue weighted by molar-refractivity contribution is -0.174. The third-order valence-corrected chi connectivity index (χ3v) is 5.59. The van der Waals surface area contributed by atoms with Gasteiger partial charge in [0, 0.05) is 0 Å². The first-order valence-electron chi connectivity index (χ1n) is 8.21. The van der Waals surface area contributed by atoms with Crippen LogP contribution in [0.15, 0.2) is 0 Å². The van der Waals surface area contributed by atoms with Crippen molar-refractivity contribution >= 4 is 5.97 Å². The van der Waals surface area contributed by atoms with E-state index in [0.717, 1.165) is 25.7 Å². The minimum atomic E-state index is -1.28. The van der Waals surface area contributed by atoms with Crippen molar-refractivity contribution in [2.24, 2.45) is 17.3 Å². The van der Waals surface area contributed by atoms with Gasteiger partial charge in [-0.3, -0.25) is 0 Å². The van der Waals surface area contributed by atoms with Crippen LogP contribution in [0.5, 0.6) is 0 Å². The lowest BCUT2D eigenvalue weighted by atomic mass is 9.64. The highest BCUT2D eigenvalue weighted by Gasteiger charge is 2.46. The fourth-order valence-corrected chi connectivity index (χ4v) is 3.50. The van der Waals surface area contributed by atoms with Gasteiger partial charge in [-0.05, 0) is 56.3 Å². The topological polar surface area (TPSA) is 46.5 Å². The molecule has 0 aromatic heterocycles. The van der Waals surface area contributed by atoms with E-state index in [9.17, 15) is 9.90 Å². The zero-order valence-corrected chi connectivity index (χ0v) is 13.9. The number of esters is 1. The van der Waals surface area contributed by atoms with E-state index in [4.69, 9.17) is 4.74 Å². The summed E-state index contributed by atoms with van der Waals surface area (Å²) >= 11 is 0. The number of carbonyl (C=O) groups is 1. The van der Waals surface area contributed by atoms with Crippen LogP contribution >= 0.6 is 0 Å². The van der Waals surface area contributed by atoms with Crippen molar-refractivity contribution in [2.75, 3.05) is 6.61 Å². The third kappa shape index (κ3) is 3.55. The highest BCUT2D eigenvalue weighted by molar-refractivity contribution is 5.79. The first-order valence-corrected chi connectivity index (χ1v) is 8.21. The van der Waals surface area contributed by atoms with E-state index >= 15 is 0 Å². The Bertz CT molecular complexity index is 316. The molecular formula is C17H32O3. The number of rotatable bonds is 6. The van der Waals surface area contributed by atoms with Crippen molar-refractivity contribution in [3.05, 3.63) is 0 Å². The van der Waals surface area contributed by atoms with Crippen molar-refractivity contribution in [3.8, 4) is 0 Å². The van der Waals surface area contributed by atoms with Gasteiger partial charge in [-0.25, -0.2) is 4.79 Å². The Hall–Kier alpha value is -0.570. The second kappa shape index (κ2) is 6.93. The SMILES string of the molecule is CCOC(=O)C(O)(CC)C1CCC(C(C)(C)CC)CC1. The molecule has 0 radical (unpaired) electrons. The Labute approximate surface area is 124 Å². The highest BCUT2D eigenvalue weighted by atomic mass is 16.5. The number of hydrogen-bond acceptors (Lipinski definition) is 3. The Morgan fingerprint density at radius 2 is 1.55 bits per heavy atom. The minimum absolute atomic E-state index is 0.0513. The summed E-state index contributed by atoms with van der Waals surface area (Å²) in [6.07, 6.45) is 5.69. The number of hydrogen-bond donors (Lipinski definition) is 1. The Kier molecular flexibility index (Phi) is 6.06. The van der Waals surface area contributed by atoms with E-state index in [2.05, 4.69) is 20.8 Å². The first-order chi connectivity index (χ1) is 9.31. The highest BCUT2D eigenvalue weighted by Crippen LogP contribution is 2.45. The fraction of sp³-hybridized carbons (Fsp3) is 0.941. The van der Waals surface area contributed by atoms with Gasteiger partial charge in [0.05, 0.1) is 6.61 Å². The van der Waals surface area contributed by atoms with E-state index in [1.54, 1.807) is 6.92 Å². The number of carbonyl (C=O) groups excluding carboxylic acids is 1. The summed E-state index contributed by atoms with van der Waals surface area (Å²) in [5, 5.41) is 10.7. The van der Waals surface area contributed by atoms with Gasteiger partial charge in [0.15, 0.2) is 5.60 Å². The number of aliphatic hydroxyl groups is 1. The summed E-state index contributed by atoms with van der Waals surface area (Å²) < 4.78 is 5.08. The zero-order chi connectivity index (χ0) is 15.4. The molecule has 1 rings (SSSR count). The van der Waals surface area contributed by atoms with Crippen LogP contribution in [-0.2, 0) is 9.53 Å². The van der Waals surface area contributed by atoms with Crippen LogP contribution in [-0.4, -0.2) is 23.3 Å². The molecule has 0 amide bonds. The third-order valence-electron chi connectivity index (χ3n) is 5.59. The van der Waals surface area contributed by atoms with Crippen molar-refractivity contribution in [3.63, 3.8) is 0 Å². The van der Waals surface area contributed by atoms with Crippen molar-refractivity contribution in [2.45, 2.75) is 78.7 Å². The van der Waals surface area contributed by atoms with E-state index in [-0.39, 0.29) is 5.92 Å². The Balaban J connectivity index is 2.69. The maximum absolute atomic E-state index is 12.1. The van der Waals surface area contributed by atoms with Gasteiger partial charge in [-0.15, -0.1) is 0 Å². The van der Waals surface area contributed by atoms with Crippen molar-refractivity contribution in [1.82, 2.24) is 0 Å². The lowest BCUT2D eigenvalue weighted by Crippen LogP contribution is -2.48. The van der Waals surface area contributed by atoms with Gasteiger partial charge in [-0.2, -0.15) is 0 Å². The summed E-state index contributed by atoms with van der Waals surface area (Å²) in [6, 6.07) is 0. The van der Waals surface area contributed by atoms with Crippen LogP contribution in [0.1, 0.15) is 73.1 Å². The summed E-state index contributed by atoms with van der Waals surface area (Å²) in [4.78, 5) is 12.1. The Morgan fingerprint density at radius 3 is 1.95 bits per heavy atom. The minimum Gasteiger partial charge on any atom is -0.464 e. The van der Waals surface area contributed by atoms with Crippen LogP contribution < -0.4 is 0 Å². The van der Waals surface area contributed by atoms with Gasteiger partial charge in [0.25, 0.3) is 0 Å². The molecule has 1 saturated carbocycles. The average molecular weight is 284 g/mol. The van der Waals surface area contributed by atoms with Crippen molar-refractivity contribution in [1.29, 1.82) is 0 Å². The molecule has 0 saturated heterocycles. The van der Waals surface area contributed by atoms with Gasteiger partial charge in [0.2, 0.25) is 0 Å². The number of ether oxygens (including phenoxy) is 1. The van der Waals surface area contributed by atoms with E-state index in [1.165, 1.54) is 6.42 Å². The van der Waals surface area contributed by atoms with Crippen LogP contribution in [0.2, 0.25) is 0 Å². The molecular weight excluding hydrogens is 252 g/mol. The average Bonchev–Trinajstić information content (AvgIpc) is 2.46. The molecule has 1 N–H and O–H groups in total. The zero-order valence-electron chi connectivity index (χ0n) is 13.9. The summed E-state index contributed by atoms with van der Waals surface area (Å²) in [5.74, 6) is 0.322. The summed E-state index contributed by atoms with van der Waals surface area (Å²) in [6.45, 7) is 10.9. The van der Waals surface area contributed by atoms with Gasteiger partial charge >= 0.3 is 5.97 Å². The molecule has 3 nitrogen and oxygen atoms in total. The molecule has 0 aromatic carbocycles. The standard InChI is InChI=1S/C17H32O3/c1-6-16(4,5)13-9-11-14(12-10-13)17(19,7-2)15(18)20-8-3/h13-14,19H,6-12H2,1-5H3. The molecule has 0 aliphatic heterocycles. The normalized spacial score (nSPS) is 26.9. The summed E-state index contributed by atoms with van der Waals surface area (Å²) in [7, 11) is 0. The molecule has 1 atom stereocenters. The molecule has 118 valence electrons. The molecule has 0 spiro atoms. The molecule has 0 aromatic rings. The van der Waals surface area contributed by atoms with E-state index in [0.29, 0.717) is 24.4 Å². The Morgan fingerprint density at radius 1 is 1.05 bits per heavy atom. The van der Waals surface area contributed by atoms with Crippen LogP contribution in [0.3, 0.4) is 0 Å². The molecule has 1 aliphatic carbocycles. The maximum atomic E-state index is 12.1. The quantitative estimate of drug-likeness (QED) is 0.752. The van der Waals surface area contributed by atoms with Gasteiger partial charge in [0.1, 0.15) is 0 Å². The first kappa shape index (κ1) is 17.5. The second-order valence-corrected chi connectivity index (χ2v) is 6.89. The predicted molar refractivity (Wildman–Crippen MR) is 81.4 cm³/mol. The second-order valence-electron chi connectivity index (χ2n) is 6.89. The molecule has 1 aliphatic rings. The molecule has 0 bridgehead atoms. The molecule has 3 heteroatoms. The van der Waals surface area contributed by atoms with E-state index < -0.39 is 11.6 Å². The largest absolute Gasteiger partial charge is 0.464 e. The van der Waals surface area contributed by atoms with Crippen LogP contribution in [0, 0.1) is 17.3 Å². The van der Waals surface area contributed by atoms with Gasteiger partial charge < -0.3 is 9.84 Å². The fourth-order valence-electron chi connectivity index (χ4n) is 3.50. The monoisotopic (exact) mass is 284 g/mol.